The molecular formula is C20H15Br2ClN2O2. The highest BCUT2D eigenvalue weighted by Gasteiger charge is 2.19. The molecule has 3 aromatic carbocycles. The minimum absolute atomic E-state index is 0.0877. The third-order valence-corrected chi connectivity index (χ3v) is 5.16. The van der Waals surface area contributed by atoms with E-state index in [9.17, 15) is 9.90 Å². The van der Waals surface area contributed by atoms with Crippen LogP contribution < -0.4 is 10.2 Å². The van der Waals surface area contributed by atoms with Crippen LogP contribution >= 0.6 is 43.5 Å². The molecule has 2 N–H and O–H groups in total. The molecule has 3 rings (SSSR count). The van der Waals surface area contributed by atoms with Gasteiger partial charge in [0, 0.05) is 26.4 Å². The van der Waals surface area contributed by atoms with Gasteiger partial charge in [0.15, 0.2) is 0 Å². The number of hydrogen-bond donors (Lipinski definition) is 2. The Bertz CT molecular complexity index is 950. The second-order valence-electron chi connectivity index (χ2n) is 5.75. The Hall–Kier alpha value is -2.02. The quantitative estimate of drug-likeness (QED) is 0.405. The number of nitrogens with zero attached hydrogens (tertiary/aromatic N) is 1. The van der Waals surface area contributed by atoms with Crippen LogP contribution in [0.4, 0.5) is 16.2 Å². The molecule has 0 saturated heterocycles. The number of halogens is 3. The summed E-state index contributed by atoms with van der Waals surface area (Å²) < 4.78 is 1.34. The molecule has 0 heterocycles. The van der Waals surface area contributed by atoms with Gasteiger partial charge in [-0.25, -0.2) is 4.79 Å². The van der Waals surface area contributed by atoms with Crippen molar-refractivity contribution in [3.63, 3.8) is 0 Å². The first kappa shape index (κ1) is 19.7. The van der Waals surface area contributed by atoms with E-state index in [4.69, 9.17) is 11.6 Å². The van der Waals surface area contributed by atoms with Crippen molar-refractivity contribution >= 4 is 60.9 Å². The zero-order valence-corrected chi connectivity index (χ0v) is 17.9. The number of anilines is 2. The van der Waals surface area contributed by atoms with Gasteiger partial charge in [-0.1, -0.05) is 45.7 Å². The van der Waals surface area contributed by atoms with Crippen LogP contribution in [0.1, 0.15) is 5.56 Å². The van der Waals surface area contributed by atoms with Gasteiger partial charge in [-0.15, -0.1) is 0 Å². The smallest absolute Gasteiger partial charge is 0.326 e. The van der Waals surface area contributed by atoms with Crippen molar-refractivity contribution in [2.75, 3.05) is 10.2 Å². The summed E-state index contributed by atoms with van der Waals surface area (Å²) in [6.07, 6.45) is 0. The summed E-state index contributed by atoms with van der Waals surface area (Å²) in [6, 6.07) is 19.4. The Morgan fingerprint density at radius 1 is 1.04 bits per heavy atom. The van der Waals surface area contributed by atoms with Crippen LogP contribution in [0.2, 0.25) is 5.02 Å². The molecule has 0 unspecified atom stereocenters. The molecule has 0 radical (unpaired) electrons. The Morgan fingerprint density at radius 3 is 2.37 bits per heavy atom. The van der Waals surface area contributed by atoms with Gasteiger partial charge in [0.25, 0.3) is 0 Å². The zero-order chi connectivity index (χ0) is 19.4. The number of hydrogen-bond acceptors (Lipinski definition) is 2. The van der Waals surface area contributed by atoms with Crippen LogP contribution in [0.3, 0.4) is 0 Å². The van der Waals surface area contributed by atoms with Gasteiger partial charge in [0.1, 0.15) is 5.75 Å². The lowest BCUT2D eigenvalue weighted by Gasteiger charge is -2.24. The average Bonchev–Trinajstić information content (AvgIpc) is 2.65. The Labute approximate surface area is 179 Å². The van der Waals surface area contributed by atoms with Gasteiger partial charge in [0.05, 0.1) is 11.0 Å². The van der Waals surface area contributed by atoms with Crippen molar-refractivity contribution < 1.29 is 9.90 Å². The number of benzene rings is 3. The minimum Gasteiger partial charge on any atom is -0.506 e. The van der Waals surface area contributed by atoms with E-state index in [0.29, 0.717) is 26.4 Å². The molecule has 138 valence electrons. The van der Waals surface area contributed by atoms with Crippen LogP contribution in [0.25, 0.3) is 0 Å². The van der Waals surface area contributed by atoms with Gasteiger partial charge in [0.2, 0.25) is 0 Å². The highest BCUT2D eigenvalue weighted by Crippen LogP contribution is 2.33. The third kappa shape index (κ3) is 5.03. The van der Waals surface area contributed by atoms with Crippen LogP contribution in [0.5, 0.6) is 5.75 Å². The third-order valence-electron chi connectivity index (χ3n) is 3.84. The van der Waals surface area contributed by atoms with Gasteiger partial charge in [-0.05, 0) is 64.5 Å². The number of aromatic hydroxyl groups is 1. The number of carbonyl (C=O) groups excluding carboxylic acids is 1. The number of nitrogens with one attached hydrogen (secondary N) is 1. The molecule has 7 heteroatoms. The van der Waals surface area contributed by atoms with Gasteiger partial charge < -0.3 is 10.4 Å². The number of phenols is 1. The normalized spacial score (nSPS) is 10.5. The van der Waals surface area contributed by atoms with E-state index in [1.54, 1.807) is 36.4 Å². The number of amides is 2. The monoisotopic (exact) mass is 508 g/mol. The molecule has 0 saturated carbocycles. The van der Waals surface area contributed by atoms with E-state index in [-0.39, 0.29) is 18.3 Å². The molecule has 27 heavy (non-hydrogen) atoms. The maximum Gasteiger partial charge on any atom is 0.326 e. The van der Waals surface area contributed by atoms with Crippen molar-refractivity contribution in [1.82, 2.24) is 0 Å². The van der Waals surface area contributed by atoms with Crippen LogP contribution in [-0.2, 0) is 6.54 Å². The number of carbonyl (C=O) groups is 1. The SMILES string of the molecule is O=C(Nc1ccccc1)N(Cc1cc(Br)cc(Br)c1O)c1ccc(Cl)cc1. The Balaban J connectivity index is 1.95. The standard InChI is InChI=1S/C20H15Br2ClN2O2/c21-14-10-13(19(26)18(22)11-14)12-25(17-8-6-15(23)7-9-17)20(27)24-16-4-2-1-3-5-16/h1-11,26H,12H2,(H,24,27). The number of rotatable bonds is 4. The maximum absolute atomic E-state index is 13.0. The summed E-state index contributed by atoms with van der Waals surface area (Å²) >= 11 is 12.7. The summed E-state index contributed by atoms with van der Waals surface area (Å²) in [6.45, 7) is 0.171. The topological polar surface area (TPSA) is 52.6 Å². The molecule has 0 fully saturated rings. The average molecular weight is 511 g/mol. The van der Waals surface area contributed by atoms with Crippen molar-refractivity contribution in [3.8, 4) is 5.75 Å². The fourth-order valence-corrected chi connectivity index (χ4v) is 3.96. The molecule has 0 bridgehead atoms. The molecule has 0 aliphatic rings. The van der Waals surface area contributed by atoms with Crippen molar-refractivity contribution in [3.05, 3.63) is 86.3 Å². The lowest BCUT2D eigenvalue weighted by molar-refractivity contribution is 0.256. The molecule has 0 spiro atoms. The molecule has 0 aliphatic heterocycles. The Morgan fingerprint density at radius 2 is 1.70 bits per heavy atom. The summed E-state index contributed by atoms with van der Waals surface area (Å²) in [5.41, 5.74) is 1.93. The molecule has 2 amide bonds. The molecule has 4 nitrogen and oxygen atoms in total. The highest BCUT2D eigenvalue weighted by atomic mass is 79.9. The first-order valence-electron chi connectivity index (χ1n) is 8.00. The van der Waals surface area contributed by atoms with Crippen molar-refractivity contribution in [1.29, 1.82) is 0 Å². The summed E-state index contributed by atoms with van der Waals surface area (Å²) in [5.74, 6) is 0.0877. The van der Waals surface area contributed by atoms with E-state index >= 15 is 0 Å². The van der Waals surface area contributed by atoms with E-state index in [1.165, 1.54) is 4.90 Å². The largest absolute Gasteiger partial charge is 0.506 e. The van der Waals surface area contributed by atoms with Crippen LogP contribution in [-0.4, -0.2) is 11.1 Å². The number of urea groups is 1. The predicted octanol–water partition coefficient (Wildman–Crippen LogP) is 6.81. The summed E-state index contributed by atoms with van der Waals surface area (Å²) in [7, 11) is 0. The Kier molecular flexibility index (Phi) is 6.42. The van der Waals surface area contributed by atoms with E-state index in [2.05, 4.69) is 37.2 Å². The van der Waals surface area contributed by atoms with E-state index in [0.717, 1.165) is 4.47 Å². The molecule has 0 aromatic heterocycles. The molecule has 0 atom stereocenters. The van der Waals surface area contributed by atoms with Gasteiger partial charge in [-0.3, -0.25) is 4.90 Å². The first-order chi connectivity index (χ1) is 12.9. The summed E-state index contributed by atoms with van der Waals surface area (Å²) in [4.78, 5) is 14.5. The first-order valence-corrected chi connectivity index (χ1v) is 9.96. The highest BCUT2D eigenvalue weighted by molar-refractivity contribution is 9.11. The molecule has 3 aromatic rings. The predicted molar refractivity (Wildman–Crippen MR) is 117 cm³/mol. The second kappa shape index (κ2) is 8.78. The minimum atomic E-state index is -0.320. The van der Waals surface area contributed by atoms with E-state index in [1.807, 2.05) is 30.3 Å². The lowest BCUT2D eigenvalue weighted by Crippen LogP contribution is -2.34. The number of para-hydroxylation sites is 1. The van der Waals surface area contributed by atoms with E-state index < -0.39 is 0 Å². The fourth-order valence-electron chi connectivity index (χ4n) is 2.52. The second-order valence-corrected chi connectivity index (χ2v) is 7.96. The van der Waals surface area contributed by atoms with Gasteiger partial charge in [-0.2, -0.15) is 0 Å². The van der Waals surface area contributed by atoms with Crippen molar-refractivity contribution in [2.45, 2.75) is 6.54 Å². The summed E-state index contributed by atoms with van der Waals surface area (Å²) in [5, 5.41) is 13.8. The zero-order valence-electron chi connectivity index (χ0n) is 14.0. The van der Waals surface area contributed by atoms with Crippen LogP contribution in [0, 0.1) is 0 Å². The maximum atomic E-state index is 13.0. The fraction of sp³-hybridized carbons (Fsp3) is 0.0500. The van der Waals surface area contributed by atoms with Crippen molar-refractivity contribution in [2.24, 2.45) is 0 Å². The molecule has 0 aliphatic carbocycles. The van der Waals surface area contributed by atoms with Gasteiger partial charge >= 0.3 is 6.03 Å². The number of phenolic OH excluding ortho intramolecular Hbond substituents is 1. The molecular weight excluding hydrogens is 495 g/mol. The van der Waals surface area contributed by atoms with Crippen LogP contribution in [0.15, 0.2) is 75.7 Å². The lowest BCUT2D eigenvalue weighted by atomic mass is 10.1.